The molecule has 0 saturated heterocycles. The van der Waals surface area contributed by atoms with E-state index in [9.17, 15) is 18.0 Å². The van der Waals surface area contributed by atoms with Crippen LogP contribution in [-0.4, -0.2) is 42.2 Å². The number of nitrogens with zero attached hydrogens (tertiary/aromatic N) is 1. The first-order valence-corrected chi connectivity index (χ1v) is 6.30. The van der Waals surface area contributed by atoms with Crippen LogP contribution in [0, 0.1) is 0 Å². The molecule has 0 rings (SSSR count). The molecule has 0 aromatic heterocycles. The van der Waals surface area contributed by atoms with Crippen molar-refractivity contribution in [2.45, 2.75) is 58.8 Å². The van der Waals surface area contributed by atoms with Crippen molar-refractivity contribution >= 4 is 5.91 Å². The summed E-state index contributed by atoms with van der Waals surface area (Å²) in [7, 11) is 0. The Labute approximate surface area is 107 Å². The van der Waals surface area contributed by atoms with E-state index < -0.39 is 18.6 Å². The molecule has 0 unspecified atom stereocenters. The van der Waals surface area contributed by atoms with Gasteiger partial charge < -0.3 is 10.2 Å². The molecule has 0 aliphatic carbocycles. The molecule has 1 amide bonds. The monoisotopic (exact) mass is 268 g/mol. The van der Waals surface area contributed by atoms with Gasteiger partial charge in [-0.2, -0.15) is 13.2 Å². The van der Waals surface area contributed by atoms with Crippen molar-refractivity contribution in [2.24, 2.45) is 0 Å². The Balaban J connectivity index is 4.69. The van der Waals surface area contributed by atoms with Crippen LogP contribution in [0.3, 0.4) is 0 Å². The zero-order valence-electron chi connectivity index (χ0n) is 11.5. The van der Waals surface area contributed by atoms with Gasteiger partial charge in [0.25, 0.3) is 0 Å². The summed E-state index contributed by atoms with van der Waals surface area (Å²) in [6, 6.07) is -0.281. The Bertz CT molecular complexity index is 250. The topological polar surface area (TPSA) is 32.3 Å². The van der Waals surface area contributed by atoms with Crippen molar-refractivity contribution in [2.75, 3.05) is 13.1 Å². The smallest absolute Gasteiger partial charge is 0.330 e. The minimum absolute atomic E-state index is 0.0513. The van der Waals surface area contributed by atoms with Crippen LogP contribution >= 0.6 is 0 Å². The van der Waals surface area contributed by atoms with Gasteiger partial charge in [-0.05, 0) is 12.8 Å². The first kappa shape index (κ1) is 17.2. The van der Waals surface area contributed by atoms with Crippen LogP contribution in [0.5, 0.6) is 0 Å². The summed E-state index contributed by atoms with van der Waals surface area (Å²) in [5.41, 5.74) is 0. The number of carbonyl (C=O) groups excluding carboxylic acids is 1. The molecule has 0 radical (unpaired) electrons. The molecule has 3 nitrogen and oxygen atoms in total. The molecule has 0 saturated carbocycles. The predicted octanol–water partition coefficient (Wildman–Crippen LogP) is 2.56. The van der Waals surface area contributed by atoms with Crippen LogP contribution in [0.1, 0.15) is 40.5 Å². The summed E-state index contributed by atoms with van der Waals surface area (Å²) >= 11 is 0. The zero-order chi connectivity index (χ0) is 14.3. The molecule has 0 spiro atoms. The molecule has 0 heterocycles. The Kier molecular flexibility index (Phi) is 7.28. The van der Waals surface area contributed by atoms with Crippen molar-refractivity contribution in [1.29, 1.82) is 0 Å². The summed E-state index contributed by atoms with van der Waals surface area (Å²) in [4.78, 5) is 12.8. The lowest BCUT2D eigenvalue weighted by Crippen LogP contribution is -2.49. The highest BCUT2D eigenvalue weighted by atomic mass is 19.4. The van der Waals surface area contributed by atoms with E-state index >= 15 is 0 Å². The van der Waals surface area contributed by atoms with Crippen molar-refractivity contribution < 1.29 is 18.0 Å². The Morgan fingerprint density at radius 2 is 1.72 bits per heavy atom. The summed E-state index contributed by atoms with van der Waals surface area (Å²) in [6.07, 6.45) is -3.30. The van der Waals surface area contributed by atoms with Crippen LogP contribution in [0.2, 0.25) is 0 Å². The fourth-order valence-corrected chi connectivity index (χ4v) is 1.74. The molecular formula is C12H23F3N2O. The van der Waals surface area contributed by atoms with Gasteiger partial charge in [0.2, 0.25) is 5.91 Å². The minimum atomic E-state index is -4.35. The fraction of sp³-hybridized carbons (Fsp3) is 0.917. The maximum atomic E-state index is 12.5. The molecule has 0 aromatic rings. The lowest BCUT2D eigenvalue weighted by Gasteiger charge is -2.31. The SMILES string of the molecule is CCC(CC)N(CC(F)(F)F)C(=O)CNC(C)C. The molecule has 0 fully saturated rings. The first-order valence-electron chi connectivity index (χ1n) is 6.30. The van der Waals surface area contributed by atoms with Crippen LogP contribution in [-0.2, 0) is 4.79 Å². The van der Waals surface area contributed by atoms with E-state index in [2.05, 4.69) is 5.32 Å². The number of halogens is 3. The van der Waals surface area contributed by atoms with Gasteiger partial charge >= 0.3 is 6.18 Å². The maximum absolute atomic E-state index is 12.5. The van der Waals surface area contributed by atoms with Crippen molar-refractivity contribution in [1.82, 2.24) is 10.2 Å². The van der Waals surface area contributed by atoms with Crippen LogP contribution in [0.25, 0.3) is 0 Å². The molecule has 108 valence electrons. The van der Waals surface area contributed by atoms with Gasteiger partial charge in [0, 0.05) is 12.1 Å². The molecule has 18 heavy (non-hydrogen) atoms. The predicted molar refractivity (Wildman–Crippen MR) is 65.3 cm³/mol. The highest BCUT2D eigenvalue weighted by Crippen LogP contribution is 2.20. The summed E-state index contributed by atoms with van der Waals surface area (Å²) in [5, 5.41) is 2.86. The molecule has 0 atom stereocenters. The molecule has 0 bridgehead atoms. The van der Waals surface area contributed by atoms with Gasteiger partial charge in [-0.3, -0.25) is 4.79 Å². The summed E-state index contributed by atoms with van der Waals surface area (Å²) in [6.45, 7) is 6.06. The minimum Gasteiger partial charge on any atom is -0.330 e. The average Bonchev–Trinajstić information content (AvgIpc) is 2.24. The van der Waals surface area contributed by atoms with Crippen molar-refractivity contribution in [3.63, 3.8) is 0 Å². The number of nitrogens with one attached hydrogen (secondary N) is 1. The number of amides is 1. The zero-order valence-corrected chi connectivity index (χ0v) is 11.5. The van der Waals surface area contributed by atoms with Gasteiger partial charge in [-0.15, -0.1) is 0 Å². The molecule has 6 heteroatoms. The molecule has 1 N–H and O–H groups in total. The molecule has 0 aliphatic heterocycles. The number of rotatable bonds is 7. The first-order chi connectivity index (χ1) is 8.21. The van der Waals surface area contributed by atoms with Gasteiger partial charge in [-0.25, -0.2) is 0 Å². The van der Waals surface area contributed by atoms with E-state index in [0.29, 0.717) is 12.8 Å². The largest absolute Gasteiger partial charge is 0.406 e. The Hall–Kier alpha value is -0.780. The summed E-state index contributed by atoms with van der Waals surface area (Å²) in [5.74, 6) is -0.491. The van der Waals surface area contributed by atoms with E-state index in [1.165, 1.54) is 0 Å². The van der Waals surface area contributed by atoms with E-state index in [0.717, 1.165) is 4.90 Å². The Morgan fingerprint density at radius 3 is 2.06 bits per heavy atom. The highest BCUT2D eigenvalue weighted by Gasteiger charge is 2.35. The number of carbonyl (C=O) groups is 1. The van der Waals surface area contributed by atoms with Crippen molar-refractivity contribution in [3.05, 3.63) is 0 Å². The number of hydrogen-bond acceptors (Lipinski definition) is 2. The van der Waals surface area contributed by atoms with Gasteiger partial charge in [0.05, 0.1) is 6.54 Å². The van der Waals surface area contributed by atoms with Gasteiger partial charge in [0.15, 0.2) is 0 Å². The quantitative estimate of drug-likeness (QED) is 0.769. The highest BCUT2D eigenvalue weighted by molar-refractivity contribution is 5.78. The van der Waals surface area contributed by atoms with Gasteiger partial charge in [0.1, 0.15) is 6.54 Å². The molecule has 0 aromatic carbocycles. The Morgan fingerprint density at radius 1 is 1.22 bits per heavy atom. The average molecular weight is 268 g/mol. The van der Waals surface area contributed by atoms with E-state index in [4.69, 9.17) is 0 Å². The van der Waals surface area contributed by atoms with Crippen LogP contribution in [0.4, 0.5) is 13.2 Å². The standard InChI is InChI=1S/C12H23F3N2O/c1-5-10(6-2)17(8-12(13,14)15)11(18)7-16-9(3)4/h9-10,16H,5-8H2,1-4H3. The third-order valence-electron chi connectivity index (χ3n) is 2.71. The lowest BCUT2D eigenvalue weighted by molar-refractivity contribution is -0.165. The van der Waals surface area contributed by atoms with E-state index in [1.54, 1.807) is 13.8 Å². The molecule has 0 aliphatic rings. The molecular weight excluding hydrogens is 245 g/mol. The van der Waals surface area contributed by atoms with Crippen molar-refractivity contribution in [3.8, 4) is 0 Å². The number of alkyl halides is 3. The second-order valence-corrected chi connectivity index (χ2v) is 4.64. The third-order valence-corrected chi connectivity index (χ3v) is 2.71. The number of hydrogen-bond donors (Lipinski definition) is 1. The summed E-state index contributed by atoms with van der Waals surface area (Å²) < 4.78 is 37.5. The van der Waals surface area contributed by atoms with Crippen LogP contribution < -0.4 is 5.32 Å². The lowest BCUT2D eigenvalue weighted by atomic mass is 10.1. The third kappa shape index (κ3) is 6.83. The normalized spacial score (nSPS) is 12.3. The second-order valence-electron chi connectivity index (χ2n) is 4.64. The maximum Gasteiger partial charge on any atom is 0.406 e. The van der Waals surface area contributed by atoms with Gasteiger partial charge in [-0.1, -0.05) is 27.7 Å². The van der Waals surface area contributed by atoms with Crippen LogP contribution in [0.15, 0.2) is 0 Å². The fourth-order valence-electron chi connectivity index (χ4n) is 1.74. The van der Waals surface area contributed by atoms with E-state index in [-0.39, 0.29) is 18.6 Å². The second kappa shape index (κ2) is 7.61. The van der Waals surface area contributed by atoms with E-state index in [1.807, 2.05) is 13.8 Å².